The van der Waals surface area contributed by atoms with Crippen LogP contribution in [0, 0.1) is 0 Å². The molecule has 0 aliphatic heterocycles. The largest absolute Gasteiger partial charge is 0.338 e. The minimum absolute atomic E-state index is 0.163. The number of anilines is 1. The minimum atomic E-state index is -0.163. The van der Waals surface area contributed by atoms with Gasteiger partial charge in [0, 0.05) is 17.1 Å². The summed E-state index contributed by atoms with van der Waals surface area (Å²) in [5.41, 5.74) is 0.814. The van der Waals surface area contributed by atoms with Crippen molar-refractivity contribution in [2.75, 3.05) is 18.1 Å². The average Bonchev–Trinajstić information content (AvgIpc) is 2.19. The third-order valence-electron chi connectivity index (χ3n) is 1.69. The standard InChI is InChI=1S/C10H14N2OS/c1-3-11-10(13)12-8-4-6-9(14-2)7-5-8/h4-7H,3H2,1-2H3,(H2,11,12,13). The number of hydrogen-bond acceptors (Lipinski definition) is 2. The zero-order valence-corrected chi connectivity index (χ0v) is 9.15. The molecular formula is C10H14N2OS. The number of carbonyl (C=O) groups is 1. The Morgan fingerprint density at radius 2 is 2.00 bits per heavy atom. The molecule has 0 atom stereocenters. The molecule has 1 rings (SSSR count). The fourth-order valence-corrected chi connectivity index (χ4v) is 1.42. The first kappa shape index (κ1) is 10.9. The van der Waals surface area contributed by atoms with Gasteiger partial charge in [0.15, 0.2) is 0 Å². The maximum atomic E-state index is 11.1. The number of rotatable bonds is 3. The van der Waals surface area contributed by atoms with Crippen LogP contribution in [0.25, 0.3) is 0 Å². The number of amides is 2. The van der Waals surface area contributed by atoms with E-state index in [0.717, 1.165) is 5.69 Å². The first-order chi connectivity index (χ1) is 6.76. The molecule has 0 bridgehead atoms. The van der Waals surface area contributed by atoms with Crippen LogP contribution >= 0.6 is 11.8 Å². The monoisotopic (exact) mass is 210 g/mol. The molecule has 0 aliphatic rings. The van der Waals surface area contributed by atoms with Gasteiger partial charge in [-0.25, -0.2) is 4.79 Å². The highest BCUT2D eigenvalue weighted by molar-refractivity contribution is 7.98. The van der Waals surface area contributed by atoms with Gasteiger partial charge in [-0.3, -0.25) is 0 Å². The topological polar surface area (TPSA) is 41.1 Å². The molecule has 2 N–H and O–H groups in total. The summed E-state index contributed by atoms with van der Waals surface area (Å²) in [6.45, 7) is 2.52. The van der Waals surface area contributed by atoms with E-state index in [-0.39, 0.29) is 6.03 Å². The van der Waals surface area contributed by atoms with E-state index in [0.29, 0.717) is 6.54 Å². The Labute approximate surface area is 88.3 Å². The van der Waals surface area contributed by atoms with Gasteiger partial charge in [-0.2, -0.15) is 0 Å². The maximum Gasteiger partial charge on any atom is 0.319 e. The zero-order chi connectivity index (χ0) is 10.4. The Hall–Kier alpha value is -1.16. The molecule has 0 saturated heterocycles. The van der Waals surface area contributed by atoms with Crippen molar-refractivity contribution in [3.63, 3.8) is 0 Å². The van der Waals surface area contributed by atoms with E-state index in [2.05, 4.69) is 10.6 Å². The zero-order valence-electron chi connectivity index (χ0n) is 8.33. The van der Waals surface area contributed by atoms with Gasteiger partial charge < -0.3 is 10.6 Å². The van der Waals surface area contributed by atoms with Gasteiger partial charge in [0.25, 0.3) is 0 Å². The summed E-state index contributed by atoms with van der Waals surface area (Å²) in [5.74, 6) is 0. The van der Waals surface area contributed by atoms with Crippen LogP contribution in [0.3, 0.4) is 0 Å². The fraction of sp³-hybridized carbons (Fsp3) is 0.300. The Kier molecular flexibility index (Phi) is 4.32. The fourth-order valence-electron chi connectivity index (χ4n) is 1.01. The van der Waals surface area contributed by atoms with Gasteiger partial charge >= 0.3 is 6.03 Å². The second kappa shape index (κ2) is 5.54. The highest BCUT2D eigenvalue weighted by atomic mass is 32.2. The summed E-state index contributed by atoms with van der Waals surface area (Å²) in [6.07, 6.45) is 2.02. The summed E-state index contributed by atoms with van der Waals surface area (Å²) < 4.78 is 0. The maximum absolute atomic E-state index is 11.1. The van der Waals surface area contributed by atoms with Crippen molar-refractivity contribution >= 4 is 23.5 Å². The lowest BCUT2D eigenvalue weighted by Crippen LogP contribution is -2.28. The molecule has 0 aromatic heterocycles. The van der Waals surface area contributed by atoms with Gasteiger partial charge in [0.05, 0.1) is 0 Å². The van der Waals surface area contributed by atoms with Crippen LogP contribution in [-0.2, 0) is 0 Å². The second-order valence-corrected chi connectivity index (χ2v) is 3.59. The molecule has 0 unspecified atom stereocenters. The number of hydrogen-bond donors (Lipinski definition) is 2. The van der Waals surface area contributed by atoms with Crippen molar-refractivity contribution in [1.29, 1.82) is 0 Å². The van der Waals surface area contributed by atoms with Crippen molar-refractivity contribution in [3.8, 4) is 0 Å². The van der Waals surface area contributed by atoms with E-state index in [1.54, 1.807) is 11.8 Å². The van der Waals surface area contributed by atoms with Crippen molar-refractivity contribution < 1.29 is 4.79 Å². The Balaban J connectivity index is 2.55. The van der Waals surface area contributed by atoms with Crippen LogP contribution in [0.1, 0.15) is 6.92 Å². The van der Waals surface area contributed by atoms with Gasteiger partial charge in [0.2, 0.25) is 0 Å². The first-order valence-electron chi connectivity index (χ1n) is 4.45. The molecule has 0 aliphatic carbocycles. The van der Waals surface area contributed by atoms with E-state index in [4.69, 9.17) is 0 Å². The van der Waals surface area contributed by atoms with E-state index >= 15 is 0 Å². The molecule has 4 heteroatoms. The number of carbonyl (C=O) groups excluding carboxylic acids is 1. The van der Waals surface area contributed by atoms with Gasteiger partial charge in [0.1, 0.15) is 0 Å². The van der Waals surface area contributed by atoms with E-state index < -0.39 is 0 Å². The first-order valence-corrected chi connectivity index (χ1v) is 5.67. The predicted octanol–water partition coefficient (Wildman–Crippen LogP) is 2.55. The van der Waals surface area contributed by atoms with Crippen LogP contribution < -0.4 is 10.6 Å². The molecule has 76 valence electrons. The number of urea groups is 1. The minimum Gasteiger partial charge on any atom is -0.338 e. The van der Waals surface area contributed by atoms with Crippen LogP contribution in [0.2, 0.25) is 0 Å². The molecule has 1 aromatic carbocycles. The number of nitrogens with one attached hydrogen (secondary N) is 2. The molecule has 2 amide bonds. The summed E-state index contributed by atoms with van der Waals surface area (Å²) in [7, 11) is 0. The van der Waals surface area contributed by atoms with Crippen molar-refractivity contribution in [3.05, 3.63) is 24.3 Å². The molecule has 0 radical (unpaired) electrons. The third-order valence-corrected chi connectivity index (χ3v) is 2.43. The van der Waals surface area contributed by atoms with Crippen LogP contribution in [0.5, 0.6) is 0 Å². The van der Waals surface area contributed by atoms with Gasteiger partial charge in [-0.05, 0) is 37.4 Å². The molecule has 3 nitrogen and oxygen atoms in total. The lowest BCUT2D eigenvalue weighted by atomic mass is 10.3. The van der Waals surface area contributed by atoms with E-state index in [1.807, 2.05) is 37.4 Å². The number of thioether (sulfide) groups is 1. The Bertz CT molecular complexity index is 297. The lowest BCUT2D eigenvalue weighted by Gasteiger charge is -2.05. The molecule has 0 saturated carbocycles. The Morgan fingerprint density at radius 3 is 2.50 bits per heavy atom. The molecule has 14 heavy (non-hydrogen) atoms. The van der Waals surface area contributed by atoms with E-state index in [9.17, 15) is 4.79 Å². The molecule has 1 aromatic rings. The summed E-state index contributed by atoms with van der Waals surface area (Å²) in [6, 6.07) is 7.57. The quantitative estimate of drug-likeness (QED) is 0.753. The predicted molar refractivity (Wildman–Crippen MR) is 60.9 cm³/mol. The van der Waals surface area contributed by atoms with Crippen LogP contribution in [0.4, 0.5) is 10.5 Å². The summed E-state index contributed by atoms with van der Waals surface area (Å²) in [4.78, 5) is 12.3. The molecule has 0 heterocycles. The average molecular weight is 210 g/mol. The van der Waals surface area contributed by atoms with E-state index in [1.165, 1.54) is 4.90 Å². The Morgan fingerprint density at radius 1 is 1.36 bits per heavy atom. The van der Waals surface area contributed by atoms with Crippen molar-refractivity contribution in [2.24, 2.45) is 0 Å². The van der Waals surface area contributed by atoms with Crippen molar-refractivity contribution in [1.82, 2.24) is 5.32 Å². The lowest BCUT2D eigenvalue weighted by molar-refractivity contribution is 0.252. The molecule has 0 fully saturated rings. The normalized spacial score (nSPS) is 9.57. The van der Waals surface area contributed by atoms with Crippen molar-refractivity contribution in [2.45, 2.75) is 11.8 Å². The van der Waals surface area contributed by atoms with Crippen LogP contribution in [0.15, 0.2) is 29.2 Å². The highest BCUT2D eigenvalue weighted by Crippen LogP contribution is 2.17. The smallest absolute Gasteiger partial charge is 0.319 e. The van der Waals surface area contributed by atoms with Crippen LogP contribution in [-0.4, -0.2) is 18.8 Å². The second-order valence-electron chi connectivity index (χ2n) is 2.71. The summed E-state index contributed by atoms with van der Waals surface area (Å²) in [5, 5.41) is 5.40. The third kappa shape index (κ3) is 3.30. The summed E-state index contributed by atoms with van der Waals surface area (Å²) >= 11 is 1.68. The SMILES string of the molecule is CCNC(=O)Nc1ccc(SC)cc1. The molecule has 0 spiro atoms. The molecular weight excluding hydrogens is 196 g/mol. The highest BCUT2D eigenvalue weighted by Gasteiger charge is 1.98. The van der Waals surface area contributed by atoms with Gasteiger partial charge in [-0.15, -0.1) is 11.8 Å². The number of benzene rings is 1. The van der Waals surface area contributed by atoms with Gasteiger partial charge in [-0.1, -0.05) is 0 Å².